The molecule has 0 bridgehead atoms. The maximum absolute atomic E-state index is 5.13. The molecule has 4 rings (SSSR count). The number of hydrogen-bond acceptors (Lipinski definition) is 0. The summed E-state index contributed by atoms with van der Waals surface area (Å²) in [7, 11) is 10.3. The maximum atomic E-state index is 5.13. The second-order valence-corrected chi connectivity index (χ2v) is 15.9. The fourth-order valence-electron chi connectivity index (χ4n) is 3.65. The van der Waals surface area contributed by atoms with Crippen molar-refractivity contribution >= 4 is 42.8 Å². The summed E-state index contributed by atoms with van der Waals surface area (Å²) in [6, 6.07) is 26.2. The summed E-state index contributed by atoms with van der Waals surface area (Å²) >= 11 is -1.85. The van der Waals surface area contributed by atoms with Crippen LogP contribution in [0.15, 0.2) is 72.8 Å². The molecule has 0 spiro atoms. The summed E-state index contributed by atoms with van der Waals surface area (Å²) in [4.78, 5) is 0. The summed E-state index contributed by atoms with van der Waals surface area (Å²) in [6.45, 7) is 9.07. The molecule has 2 atom stereocenters. The van der Waals surface area contributed by atoms with E-state index in [1.165, 1.54) is 45.5 Å². The molecule has 3 heteroatoms. The summed E-state index contributed by atoms with van der Waals surface area (Å²) in [5.41, 5.74) is 3.00. The van der Waals surface area contributed by atoms with Gasteiger partial charge in [-0.15, -0.1) is 82.2 Å². The molecule has 4 aromatic carbocycles. The van der Waals surface area contributed by atoms with Crippen molar-refractivity contribution in [2.75, 3.05) is 0 Å². The molecule has 0 fully saturated rings. The van der Waals surface area contributed by atoms with Crippen molar-refractivity contribution in [1.29, 1.82) is 0 Å². The third-order valence-electron chi connectivity index (χ3n) is 5.72. The molecule has 0 aliphatic carbocycles. The molecule has 4 aromatic rings. The van der Waals surface area contributed by atoms with Crippen molar-refractivity contribution in [3.05, 3.63) is 83.9 Å². The van der Waals surface area contributed by atoms with Crippen LogP contribution in [0.2, 0.25) is 0 Å². The second-order valence-electron chi connectivity index (χ2n) is 7.71. The van der Waals surface area contributed by atoms with Crippen LogP contribution in [0.4, 0.5) is 0 Å². The Bertz CT molecular complexity index is 973. The van der Waals surface area contributed by atoms with Crippen LogP contribution in [0.3, 0.4) is 0 Å². The van der Waals surface area contributed by atoms with Gasteiger partial charge in [0.1, 0.15) is 0 Å². The summed E-state index contributed by atoms with van der Waals surface area (Å²) in [6.07, 6.45) is 2.43. The summed E-state index contributed by atoms with van der Waals surface area (Å²) in [5, 5.41) is 5.60. The van der Waals surface area contributed by atoms with E-state index >= 15 is 0 Å². The van der Waals surface area contributed by atoms with Gasteiger partial charge in [0.25, 0.3) is 0 Å². The van der Waals surface area contributed by atoms with Crippen molar-refractivity contribution in [2.45, 2.75) is 52.4 Å². The standard InChI is InChI=1S/2C13H15.CH2.2ClH.Zr/c2*1-3-10(2)12-9-8-11-6-4-5-7-13(11)12;;;;/h2*4-10H,3H2,1-2H3;1H2;2*1H;/q2*-1;;;;+2/p-2. The zero-order valence-corrected chi connectivity index (χ0v) is 22.4. The Kier molecular flexibility index (Phi) is 10.7. The molecule has 0 radical (unpaired) electrons. The van der Waals surface area contributed by atoms with Crippen LogP contribution in [0.25, 0.3) is 21.5 Å². The Morgan fingerprint density at radius 2 is 1.10 bits per heavy atom. The number of fused-ring (bicyclic) bond motifs is 2. The Labute approximate surface area is 196 Å². The third-order valence-corrected chi connectivity index (χ3v) is 5.72. The van der Waals surface area contributed by atoms with E-state index in [0.717, 1.165) is 0 Å². The van der Waals surface area contributed by atoms with E-state index in [1.54, 1.807) is 0 Å². The fourth-order valence-corrected chi connectivity index (χ4v) is 3.65. The van der Waals surface area contributed by atoms with Gasteiger partial charge in [0.15, 0.2) is 0 Å². The van der Waals surface area contributed by atoms with Crippen molar-refractivity contribution in [1.82, 2.24) is 0 Å². The predicted molar refractivity (Wildman–Crippen MR) is 135 cm³/mol. The molecule has 30 heavy (non-hydrogen) atoms. The van der Waals surface area contributed by atoms with E-state index < -0.39 is 18.9 Å². The van der Waals surface area contributed by atoms with E-state index in [4.69, 9.17) is 17.0 Å². The van der Waals surface area contributed by atoms with E-state index in [9.17, 15) is 0 Å². The van der Waals surface area contributed by atoms with Crippen molar-refractivity contribution in [3.63, 3.8) is 0 Å². The monoisotopic (exact) mass is 516 g/mol. The van der Waals surface area contributed by atoms with Gasteiger partial charge in [-0.25, -0.2) is 0 Å². The van der Waals surface area contributed by atoms with Gasteiger partial charge in [-0.05, 0) is 0 Å². The van der Waals surface area contributed by atoms with Crippen molar-refractivity contribution in [3.8, 4) is 0 Å². The molecule has 0 saturated heterocycles. The number of hydrogen-bond donors (Lipinski definition) is 0. The van der Waals surface area contributed by atoms with E-state index in [2.05, 4.69) is 105 Å². The van der Waals surface area contributed by atoms with Crippen LogP contribution < -0.4 is 0 Å². The molecule has 0 aliphatic rings. The Morgan fingerprint density at radius 1 is 0.767 bits per heavy atom. The molecule has 0 heterocycles. The topological polar surface area (TPSA) is 0 Å². The quantitative estimate of drug-likeness (QED) is 0.236. The van der Waals surface area contributed by atoms with Crippen LogP contribution >= 0.6 is 17.0 Å². The second kappa shape index (κ2) is 12.8. The first-order chi connectivity index (χ1) is 14.4. The van der Waals surface area contributed by atoms with Crippen LogP contribution in [-0.2, 0) is 18.9 Å². The van der Waals surface area contributed by atoms with Gasteiger partial charge in [0.2, 0.25) is 0 Å². The average Bonchev–Trinajstić information content (AvgIpc) is 3.37. The molecule has 0 aliphatic heterocycles. The van der Waals surface area contributed by atoms with Gasteiger partial charge in [0, 0.05) is 0 Å². The Balaban J connectivity index is 0.000000182. The fraction of sp³-hybridized carbons (Fsp3) is 0.296. The molecule has 0 nitrogen and oxygen atoms in total. The van der Waals surface area contributed by atoms with Crippen LogP contribution in [-0.4, -0.2) is 4.21 Å². The van der Waals surface area contributed by atoms with Crippen LogP contribution in [0.1, 0.15) is 63.5 Å². The van der Waals surface area contributed by atoms with E-state index in [0.29, 0.717) is 11.8 Å². The van der Waals surface area contributed by atoms with Gasteiger partial charge < -0.3 is 0 Å². The molecule has 160 valence electrons. The molecule has 0 N–H and O–H groups in total. The Morgan fingerprint density at radius 3 is 1.43 bits per heavy atom. The zero-order valence-electron chi connectivity index (χ0n) is 18.5. The van der Waals surface area contributed by atoms with Crippen LogP contribution in [0, 0.1) is 0 Å². The first-order valence-electron chi connectivity index (χ1n) is 10.7. The predicted octanol–water partition coefficient (Wildman–Crippen LogP) is 9.49. The summed E-state index contributed by atoms with van der Waals surface area (Å²) in [5.74, 6) is 1.36. The van der Waals surface area contributed by atoms with E-state index in [1.807, 2.05) is 0 Å². The van der Waals surface area contributed by atoms with Crippen molar-refractivity contribution < 1.29 is 18.9 Å². The zero-order chi connectivity index (χ0) is 22.1. The number of benzene rings is 2. The molecule has 2 unspecified atom stereocenters. The van der Waals surface area contributed by atoms with Crippen molar-refractivity contribution in [2.24, 2.45) is 0 Å². The summed E-state index contributed by atoms with van der Waals surface area (Å²) < 4.78 is 3.37. The van der Waals surface area contributed by atoms with E-state index in [-0.39, 0.29) is 0 Å². The van der Waals surface area contributed by atoms with Gasteiger partial charge in [-0.1, -0.05) is 64.5 Å². The SMILES string of the molecule is CCC(C)c1c[cH-]c2ccccc12.CCC(C)c1c[cH-]c2ccccc12.[CH2]=[Zr]([Cl])[Cl]. The minimum absolute atomic E-state index is 0.680. The average molecular weight is 519 g/mol. The first-order valence-corrected chi connectivity index (χ1v) is 18.7. The molecular formula is C27H32Cl2Zr-2. The van der Waals surface area contributed by atoms with Crippen LogP contribution in [0.5, 0.6) is 0 Å². The first kappa shape index (κ1) is 25.3. The molecular weight excluding hydrogens is 486 g/mol. The van der Waals surface area contributed by atoms with Gasteiger partial charge in [-0.2, -0.15) is 11.1 Å². The molecule has 0 aromatic heterocycles. The number of halogens is 2. The number of rotatable bonds is 4. The third kappa shape index (κ3) is 7.01. The van der Waals surface area contributed by atoms with Gasteiger partial charge in [-0.3, -0.25) is 0 Å². The van der Waals surface area contributed by atoms with Gasteiger partial charge in [0.05, 0.1) is 0 Å². The molecule has 0 amide bonds. The molecule has 0 saturated carbocycles. The van der Waals surface area contributed by atoms with Gasteiger partial charge >= 0.3 is 40.1 Å². The Hall–Kier alpha value is -1.01. The normalized spacial score (nSPS) is 12.5. The minimum atomic E-state index is -1.85.